The van der Waals surface area contributed by atoms with E-state index in [-0.39, 0.29) is 5.75 Å². The number of halogens is 3. The molecule has 1 N–H and O–H groups in total. The van der Waals surface area contributed by atoms with Crippen LogP contribution in [-0.2, 0) is 6.54 Å². The fourth-order valence-electron chi connectivity index (χ4n) is 2.69. The second-order valence-electron chi connectivity index (χ2n) is 5.31. The van der Waals surface area contributed by atoms with Crippen LogP contribution in [0.5, 0.6) is 5.75 Å². The van der Waals surface area contributed by atoms with Crippen LogP contribution in [0.1, 0.15) is 37.7 Å². The fraction of sp³-hybridized carbons (Fsp3) is 0.600. The van der Waals surface area contributed by atoms with Crippen molar-refractivity contribution in [1.82, 2.24) is 5.32 Å². The van der Waals surface area contributed by atoms with Gasteiger partial charge in [0.25, 0.3) is 0 Å². The molecule has 112 valence electrons. The minimum absolute atomic E-state index is 0.160. The van der Waals surface area contributed by atoms with Gasteiger partial charge in [0, 0.05) is 6.54 Å². The lowest BCUT2D eigenvalue weighted by molar-refractivity contribution is -0.274. The van der Waals surface area contributed by atoms with Crippen LogP contribution in [0.4, 0.5) is 13.2 Å². The highest BCUT2D eigenvalue weighted by Crippen LogP contribution is 2.27. The lowest BCUT2D eigenvalue weighted by Crippen LogP contribution is -2.18. The Labute approximate surface area is 117 Å². The van der Waals surface area contributed by atoms with E-state index in [9.17, 15) is 13.2 Å². The Balaban J connectivity index is 1.73. The SMILES string of the molecule is FC(F)(F)Oc1cccc(CNCCC2CCCC2)c1. The lowest BCUT2D eigenvalue weighted by Gasteiger charge is -2.12. The van der Waals surface area contributed by atoms with Gasteiger partial charge >= 0.3 is 6.36 Å². The Kier molecular flexibility index (Phi) is 5.29. The van der Waals surface area contributed by atoms with E-state index in [4.69, 9.17) is 0 Å². The normalized spacial score (nSPS) is 16.6. The third-order valence-electron chi connectivity index (χ3n) is 3.67. The van der Waals surface area contributed by atoms with Gasteiger partial charge in [0.1, 0.15) is 5.75 Å². The molecule has 2 nitrogen and oxygen atoms in total. The Morgan fingerprint density at radius 3 is 2.65 bits per heavy atom. The van der Waals surface area contributed by atoms with Crippen molar-refractivity contribution in [2.75, 3.05) is 6.54 Å². The molecule has 1 aliphatic rings. The van der Waals surface area contributed by atoms with Crippen LogP contribution in [0.15, 0.2) is 24.3 Å². The maximum atomic E-state index is 12.1. The number of alkyl halides is 3. The Hall–Kier alpha value is -1.23. The van der Waals surface area contributed by atoms with E-state index >= 15 is 0 Å². The van der Waals surface area contributed by atoms with Gasteiger partial charge in [0.2, 0.25) is 0 Å². The largest absolute Gasteiger partial charge is 0.573 e. The summed E-state index contributed by atoms with van der Waals surface area (Å²) in [5, 5.41) is 3.28. The topological polar surface area (TPSA) is 21.3 Å². The minimum atomic E-state index is -4.63. The molecule has 2 rings (SSSR count). The van der Waals surface area contributed by atoms with Gasteiger partial charge in [-0.3, -0.25) is 0 Å². The zero-order chi connectivity index (χ0) is 14.4. The molecule has 0 aliphatic heterocycles. The molecule has 0 heterocycles. The molecule has 5 heteroatoms. The monoisotopic (exact) mass is 287 g/mol. The molecular formula is C15H20F3NO. The van der Waals surface area contributed by atoms with Crippen LogP contribution in [0.2, 0.25) is 0 Å². The van der Waals surface area contributed by atoms with Crippen LogP contribution in [0.25, 0.3) is 0 Å². The summed E-state index contributed by atoms with van der Waals surface area (Å²) in [4.78, 5) is 0. The fourth-order valence-corrected chi connectivity index (χ4v) is 2.69. The van der Waals surface area contributed by atoms with Crippen molar-refractivity contribution in [3.05, 3.63) is 29.8 Å². The van der Waals surface area contributed by atoms with Crippen molar-refractivity contribution in [3.63, 3.8) is 0 Å². The van der Waals surface area contributed by atoms with Gasteiger partial charge in [-0.2, -0.15) is 0 Å². The van der Waals surface area contributed by atoms with Crippen LogP contribution in [-0.4, -0.2) is 12.9 Å². The van der Waals surface area contributed by atoms with E-state index in [0.29, 0.717) is 6.54 Å². The van der Waals surface area contributed by atoms with E-state index in [1.807, 2.05) is 0 Å². The first-order valence-electron chi connectivity index (χ1n) is 7.08. The summed E-state index contributed by atoms with van der Waals surface area (Å²) in [6.07, 6.45) is 1.82. The predicted octanol–water partition coefficient (Wildman–Crippen LogP) is 4.26. The first-order valence-corrected chi connectivity index (χ1v) is 7.08. The number of ether oxygens (including phenoxy) is 1. The van der Waals surface area contributed by atoms with Crippen molar-refractivity contribution in [2.24, 2.45) is 5.92 Å². The summed E-state index contributed by atoms with van der Waals surface area (Å²) in [5.41, 5.74) is 0.804. The van der Waals surface area contributed by atoms with Crippen LogP contribution >= 0.6 is 0 Å². The molecule has 0 amide bonds. The lowest BCUT2D eigenvalue weighted by atomic mass is 10.0. The molecular weight excluding hydrogens is 267 g/mol. The molecule has 20 heavy (non-hydrogen) atoms. The number of benzene rings is 1. The van der Waals surface area contributed by atoms with Gasteiger partial charge in [0.15, 0.2) is 0 Å². The highest BCUT2D eigenvalue weighted by atomic mass is 19.4. The van der Waals surface area contributed by atoms with Gasteiger partial charge in [-0.25, -0.2) is 0 Å². The van der Waals surface area contributed by atoms with Crippen LogP contribution in [0.3, 0.4) is 0 Å². The first-order chi connectivity index (χ1) is 9.53. The van der Waals surface area contributed by atoms with Crippen molar-refractivity contribution >= 4 is 0 Å². The first kappa shape index (κ1) is 15.2. The second kappa shape index (κ2) is 6.97. The Morgan fingerprint density at radius 1 is 1.20 bits per heavy atom. The summed E-state index contributed by atoms with van der Waals surface area (Å²) < 4.78 is 40.2. The summed E-state index contributed by atoms with van der Waals surface area (Å²) in [6, 6.07) is 6.12. The predicted molar refractivity (Wildman–Crippen MR) is 71.4 cm³/mol. The molecule has 0 bridgehead atoms. The Bertz CT molecular complexity index is 414. The van der Waals surface area contributed by atoms with E-state index in [0.717, 1.165) is 24.4 Å². The highest BCUT2D eigenvalue weighted by Gasteiger charge is 2.31. The van der Waals surface area contributed by atoms with Crippen molar-refractivity contribution in [2.45, 2.75) is 45.0 Å². The quantitative estimate of drug-likeness (QED) is 0.790. The molecule has 0 saturated heterocycles. The van der Waals surface area contributed by atoms with Gasteiger partial charge < -0.3 is 10.1 Å². The third kappa shape index (κ3) is 5.41. The molecule has 0 unspecified atom stereocenters. The summed E-state index contributed by atoms with van der Waals surface area (Å²) in [6.45, 7) is 1.48. The maximum Gasteiger partial charge on any atom is 0.573 e. The highest BCUT2D eigenvalue weighted by molar-refractivity contribution is 5.28. The van der Waals surface area contributed by atoms with Gasteiger partial charge in [0.05, 0.1) is 0 Å². The third-order valence-corrected chi connectivity index (χ3v) is 3.67. The summed E-state index contributed by atoms with van der Waals surface area (Å²) in [7, 11) is 0. The van der Waals surface area contributed by atoms with Gasteiger partial charge in [-0.15, -0.1) is 13.2 Å². The zero-order valence-corrected chi connectivity index (χ0v) is 11.4. The average molecular weight is 287 g/mol. The molecule has 0 aromatic heterocycles. The molecule has 0 spiro atoms. The summed E-state index contributed by atoms with van der Waals surface area (Å²) >= 11 is 0. The average Bonchev–Trinajstić information content (AvgIpc) is 2.86. The molecule has 1 aromatic rings. The van der Waals surface area contributed by atoms with E-state index in [1.165, 1.54) is 37.8 Å². The minimum Gasteiger partial charge on any atom is -0.406 e. The standard InChI is InChI=1S/C15H20F3NO/c16-15(17,18)20-14-7-3-6-13(10-14)11-19-9-8-12-4-1-2-5-12/h3,6-7,10,12,19H,1-2,4-5,8-9,11H2. The van der Waals surface area contributed by atoms with Crippen LogP contribution < -0.4 is 10.1 Å². The number of nitrogens with one attached hydrogen (secondary N) is 1. The van der Waals surface area contributed by atoms with Crippen molar-refractivity contribution < 1.29 is 17.9 Å². The molecule has 1 saturated carbocycles. The smallest absolute Gasteiger partial charge is 0.406 e. The van der Waals surface area contributed by atoms with E-state index < -0.39 is 6.36 Å². The van der Waals surface area contributed by atoms with E-state index in [2.05, 4.69) is 10.1 Å². The molecule has 0 radical (unpaired) electrons. The second-order valence-corrected chi connectivity index (χ2v) is 5.31. The molecule has 1 aliphatic carbocycles. The zero-order valence-electron chi connectivity index (χ0n) is 11.4. The van der Waals surface area contributed by atoms with Crippen LogP contribution in [0, 0.1) is 5.92 Å². The van der Waals surface area contributed by atoms with Gasteiger partial charge in [-0.1, -0.05) is 37.8 Å². The van der Waals surface area contributed by atoms with Crippen molar-refractivity contribution in [3.8, 4) is 5.75 Å². The number of hydrogen-bond donors (Lipinski definition) is 1. The summed E-state index contributed by atoms with van der Waals surface area (Å²) in [5.74, 6) is 0.662. The maximum absolute atomic E-state index is 12.1. The Morgan fingerprint density at radius 2 is 1.95 bits per heavy atom. The van der Waals surface area contributed by atoms with E-state index in [1.54, 1.807) is 12.1 Å². The number of rotatable bonds is 6. The number of hydrogen-bond acceptors (Lipinski definition) is 2. The van der Waals surface area contributed by atoms with Gasteiger partial charge in [-0.05, 0) is 36.6 Å². The molecule has 0 atom stereocenters. The molecule has 1 aromatic carbocycles. The van der Waals surface area contributed by atoms with Crippen molar-refractivity contribution in [1.29, 1.82) is 0 Å². The molecule has 1 fully saturated rings.